The fourth-order valence-corrected chi connectivity index (χ4v) is 5.42. The second kappa shape index (κ2) is 3.92. The Morgan fingerprint density at radius 3 is 2.09 bits per heavy atom. The molecule has 2 atom stereocenters. The van der Waals surface area contributed by atoms with Gasteiger partial charge in [0.05, 0.1) is 0 Å². The van der Waals surface area contributed by atoms with Crippen LogP contribution in [0.4, 0.5) is 0 Å². The van der Waals surface area contributed by atoms with Crippen LogP contribution in [-0.2, 0) is 5.41 Å². The molecule has 2 bridgehead atoms. The molecule has 0 fully saturated rings. The predicted octanol–water partition coefficient (Wildman–Crippen LogP) is 6.42. The van der Waals surface area contributed by atoms with Crippen molar-refractivity contribution in [3.05, 3.63) is 69.8 Å². The second-order valence-electron chi connectivity index (χ2n) is 8.50. The molecule has 0 saturated carbocycles. The van der Waals surface area contributed by atoms with Gasteiger partial charge >= 0.3 is 0 Å². The highest BCUT2D eigenvalue weighted by Crippen LogP contribution is 2.63. The van der Waals surface area contributed by atoms with Gasteiger partial charge in [0, 0.05) is 22.3 Å². The van der Waals surface area contributed by atoms with Crippen molar-refractivity contribution in [1.29, 1.82) is 0 Å². The predicted molar refractivity (Wildman–Crippen MR) is 97.4 cm³/mol. The van der Waals surface area contributed by atoms with Crippen LogP contribution in [0.25, 0.3) is 11.1 Å². The maximum atomic E-state index is 6.28. The smallest absolute Gasteiger partial charge is 0.0409 e. The van der Waals surface area contributed by atoms with Crippen molar-refractivity contribution in [3.63, 3.8) is 0 Å². The lowest BCUT2D eigenvalue weighted by molar-refractivity contribution is 0.343. The van der Waals surface area contributed by atoms with Gasteiger partial charge in [-0.15, -0.1) is 0 Å². The lowest BCUT2D eigenvalue weighted by atomic mass is 9.78. The first-order valence-corrected chi connectivity index (χ1v) is 8.86. The summed E-state index contributed by atoms with van der Waals surface area (Å²) in [5.41, 5.74) is 9.05. The summed E-state index contributed by atoms with van der Waals surface area (Å²) in [6, 6.07) is 11.3. The largest absolute Gasteiger partial charge is 0.0843 e. The van der Waals surface area contributed by atoms with Crippen LogP contribution in [0, 0.1) is 5.41 Å². The van der Waals surface area contributed by atoms with Gasteiger partial charge in [0.2, 0.25) is 0 Å². The van der Waals surface area contributed by atoms with Gasteiger partial charge in [-0.3, -0.25) is 0 Å². The van der Waals surface area contributed by atoms with E-state index in [2.05, 4.69) is 64.1 Å². The highest BCUT2D eigenvalue weighted by molar-refractivity contribution is 6.30. The van der Waals surface area contributed by atoms with Gasteiger partial charge in [-0.2, -0.15) is 0 Å². The maximum Gasteiger partial charge on any atom is 0.0409 e. The molecule has 3 aliphatic rings. The summed E-state index contributed by atoms with van der Waals surface area (Å²) < 4.78 is 0. The fraction of sp³-hybridized carbons (Fsp3) is 0.364. The van der Waals surface area contributed by atoms with Gasteiger partial charge in [0.15, 0.2) is 0 Å². The highest BCUT2D eigenvalue weighted by Gasteiger charge is 2.49. The number of rotatable bonds is 0. The lowest BCUT2D eigenvalue weighted by Crippen LogP contribution is -2.16. The fourth-order valence-electron chi connectivity index (χ4n) is 5.25. The molecule has 0 saturated heterocycles. The molecule has 0 nitrogen and oxygen atoms in total. The van der Waals surface area contributed by atoms with E-state index < -0.39 is 0 Å². The van der Waals surface area contributed by atoms with Crippen molar-refractivity contribution < 1.29 is 0 Å². The lowest BCUT2D eigenvalue weighted by Gasteiger charge is -2.25. The van der Waals surface area contributed by atoms with Crippen LogP contribution in [0.15, 0.2) is 42.5 Å². The van der Waals surface area contributed by atoms with E-state index in [1.54, 1.807) is 11.1 Å². The van der Waals surface area contributed by atoms with Crippen molar-refractivity contribution in [3.8, 4) is 11.1 Å². The van der Waals surface area contributed by atoms with Gasteiger partial charge in [-0.1, -0.05) is 63.6 Å². The number of allylic oxidation sites excluding steroid dienone is 2. The summed E-state index contributed by atoms with van der Waals surface area (Å²) in [7, 11) is 0. The molecule has 0 spiro atoms. The molecule has 0 radical (unpaired) electrons. The molecule has 2 aromatic rings. The Hall–Kier alpha value is -1.53. The van der Waals surface area contributed by atoms with E-state index in [-0.39, 0.29) is 5.41 Å². The van der Waals surface area contributed by atoms with Crippen LogP contribution in [0.1, 0.15) is 61.8 Å². The molecule has 2 unspecified atom stereocenters. The molecular weight excluding hydrogens is 300 g/mol. The number of benzene rings is 2. The molecule has 2 aromatic carbocycles. The topological polar surface area (TPSA) is 0 Å². The van der Waals surface area contributed by atoms with Crippen molar-refractivity contribution in [2.24, 2.45) is 5.41 Å². The van der Waals surface area contributed by atoms with Crippen LogP contribution < -0.4 is 0 Å². The third-order valence-corrected chi connectivity index (χ3v) is 6.85. The molecule has 0 aliphatic heterocycles. The molecule has 0 aromatic heterocycles. The minimum atomic E-state index is 0.0281. The highest BCUT2D eigenvalue weighted by atomic mass is 35.5. The summed E-state index contributed by atoms with van der Waals surface area (Å²) in [4.78, 5) is 0. The van der Waals surface area contributed by atoms with Crippen molar-refractivity contribution in [2.45, 2.75) is 44.9 Å². The minimum absolute atomic E-state index is 0.0281. The van der Waals surface area contributed by atoms with E-state index in [0.29, 0.717) is 17.3 Å². The second-order valence-corrected chi connectivity index (χ2v) is 8.94. The van der Waals surface area contributed by atoms with Gasteiger partial charge in [0.1, 0.15) is 0 Å². The van der Waals surface area contributed by atoms with E-state index in [4.69, 9.17) is 11.6 Å². The number of hydrogen-bond donors (Lipinski definition) is 0. The van der Waals surface area contributed by atoms with Crippen LogP contribution in [-0.4, -0.2) is 0 Å². The van der Waals surface area contributed by atoms with E-state index >= 15 is 0 Å². The Morgan fingerprint density at radius 1 is 0.783 bits per heavy atom. The third kappa shape index (κ3) is 1.49. The van der Waals surface area contributed by atoms with E-state index in [0.717, 1.165) is 5.02 Å². The average molecular weight is 321 g/mol. The summed E-state index contributed by atoms with van der Waals surface area (Å²) >= 11 is 6.28. The molecular formula is C22H21Cl. The Kier molecular flexibility index (Phi) is 2.37. The van der Waals surface area contributed by atoms with Gasteiger partial charge in [-0.25, -0.2) is 0 Å². The molecule has 0 amide bonds. The standard InChI is InChI=1S/C22H21Cl/c1-21(2)17-7-8-18(21)16-11-20-14(10-15(16)17)13-6-5-12(23)9-19(13)22(20,3)4/h5-11,17-18H,1-4H3. The molecule has 0 heterocycles. The van der Waals surface area contributed by atoms with Crippen LogP contribution in [0.3, 0.4) is 0 Å². The summed E-state index contributed by atoms with van der Waals surface area (Å²) in [5.74, 6) is 1.13. The molecule has 1 heteroatoms. The number of hydrogen-bond acceptors (Lipinski definition) is 0. The number of halogens is 1. The van der Waals surface area contributed by atoms with E-state index in [1.807, 2.05) is 6.07 Å². The SMILES string of the molecule is CC1(C)c2cc(Cl)ccc2-c2cc3c(cc21)C1C=CC3C1(C)C. The Bertz CT molecular complexity index is 898. The first-order valence-electron chi connectivity index (χ1n) is 8.49. The van der Waals surface area contributed by atoms with Crippen molar-refractivity contribution >= 4 is 11.6 Å². The van der Waals surface area contributed by atoms with E-state index in [1.165, 1.54) is 22.3 Å². The van der Waals surface area contributed by atoms with Crippen molar-refractivity contribution in [2.75, 3.05) is 0 Å². The molecule has 116 valence electrons. The first-order chi connectivity index (χ1) is 10.8. The summed E-state index contributed by atoms with van der Waals surface area (Å²) in [6.45, 7) is 9.47. The van der Waals surface area contributed by atoms with Crippen LogP contribution in [0.2, 0.25) is 5.02 Å². The molecule has 3 aliphatic carbocycles. The zero-order chi connectivity index (χ0) is 16.1. The minimum Gasteiger partial charge on any atom is -0.0843 e. The zero-order valence-electron chi connectivity index (χ0n) is 14.1. The molecule has 23 heavy (non-hydrogen) atoms. The van der Waals surface area contributed by atoms with E-state index in [9.17, 15) is 0 Å². The van der Waals surface area contributed by atoms with Crippen LogP contribution in [0.5, 0.6) is 0 Å². The number of fused-ring (bicyclic) bond motifs is 8. The zero-order valence-corrected chi connectivity index (χ0v) is 14.8. The Morgan fingerprint density at radius 2 is 1.39 bits per heavy atom. The molecule has 0 N–H and O–H groups in total. The van der Waals surface area contributed by atoms with Gasteiger partial charge in [-0.05, 0) is 57.0 Å². The third-order valence-electron chi connectivity index (χ3n) is 6.61. The maximum absolute atomic E-state index is 6.28. The molecule has 5 rings (SSSR count). The Balaban J connectivity index is 1.81. The Labute approximate surface area is 143 Å². The van der Waals surface area contributed by atoms with Gasteiger partial charge < -0.3 is 0 Å². The van der Waals surface area contributed by atoms with Crippen LogP contribution >= 0.6 is 11.6 Å². The quantitative estimate of drug-likeness (QED) is 0.491. The van der Waals surface area contributed by atoms with Crippen molar-refractivity contribution in [1.82, 2.24) is 0 Å². The summed E-state index contributed by atoms with van der Waals surface area (Å²) in [5, 5.41) is 0.833. The first kappa shape index (κ1) is 13.9. The average Bonchev–Trinajstić information content (AvgIpc) is 2.99. The monoisotopic (exact) mass is 320 g/mol. The normalized spacial score (nSPS) is 27.0. The van der Waals surface area contributed by atoms with Gasteiger partial charge in [0.25, 0.3) is 0 Å². The summed E-state index contributed by atoms with van der Waals surface area (Å²) in [6.07, 6.45) is 4.84.